The molecule has 0 unspecified atom stereocenters. The summed E-state index contributed by atoms with van der Waals surface area (Å²) in [6.45, 7) is 9.23. The van der Waals surface area contributed by atoms with E-state index in [2.05, 4.69) is 52.3 Å². The number of piperidine rings is 1. The highest BCUT2D eigenvalue weighted by Crippen LogP contribution is 2.30. The molecule has 26 heavy (non-hydrogen) atoms. The summed E-state index contributed by atoms with van der Waals surface area (Å²) in [6.07, 6.45) is 5.57. The third-order valence-electron chi connectivity index (χ3n) is 4.50. The van der Waals surface area contributed by atoms with Crippen molar-refractivity contribution in [3.8, 4) is 0 Å². The molecule has 0 radical (unpaired) electrons. The second-order valence-corrected chi connectivity index (χ2v) is 8.78. The number of pyridine rings is 1. The fourth-order valence-corrected chi connectivity index (χ4v) is 3.82. The molecule has 1 aliphatic rings. The summed E-state index contributed by atoms with van der Waals surface area (Å²) in [5, 5.41) is 6.59. The van der Waals surface area contributed by atoms with Crippen molar-refractivity contribution in [1.29, 1.82) is 0 Å². The van der Waals surface area contributed by atoms with Crippen molar-refractivity contribution in [2.24, 2.45) is 0 Å². The lowest BCUT2D eigenvalue weighted by Crippen LogP contribution is -2.45. The van der Waals surface area contributed by atoms with Gasteiger partial charge in [-0.1, -0.05) is 26.8 Å². The zero-order chi connectivity index (χ0) is 18.6. The zero-order valence-electron chi connectivity index (χ0n) is 15.7. The predicted octanol–water partition coefficient (Wildman–Crippen LogP) is 3.62. The van der Waals surface area contributed by atoms with Crippen molar-refractivity contribution in [3.05, 3.63) is 41.2 Å². The number of carbonyl (C=O) groups excluding carboxylic acids is 1. The van der Waals surface area contributed by atoms with Crippen LogP contribution in [0.3, 0.4) is 0 Å². The molecule has 2 aromatic rings. The first-order valence-corrected chi connectivity index (χ1v) is 9.88. The third-order valence-corrected chi connectivity index (χ3v) is 5.84. The molecule has 2 N–H and O–H groups in total. The van der Waals surface area contributed by atoms with E-state index in [1.165, 1.54) is 11.3 Å². The summed E-state index contributed by atoms with van der Waals surface area (Å²) >= 11 is 1.53. The van der Waals surface area contributed by atoms with Gasteiger partial charge < -0.3 is 5.32 Å². The molecule has 3 heterocycles. The average Bonchev–Trinajstić information content (AvgIpc) is 3.06. The van der Waals surface area contributed by atoms with Crippen LogP contribution < -0.4 is 10.6 Å². The number of hydrogen-bond acceptors (Lipinski definition) is 5. The maximum atomic E-state index is 12.2. The van der Waals surface area contributed by atoms with E-state index in [9.17, 15) is 4.79 Å². The van der Waals surface area contributed by atoms with Crippen molar-refractivity contribution in [1.82, 2.24) is 20.2 Å². The lowest BCUT2D eigenvalue weighted by Gasteiger charge is -2.32. The Morgan fingerprint density at radius 1 is 1.27 bits per heavy atom. The van der Waals surface area contributed by atoms with Crippen molar-refractivity contribution >= 4 is 22.5 Å². The molecular weight excluding hydrogens is 346 g/mol. The molecule has 0 spiro atoms. The van der Waals surface area contributed by atoms with Gasteiger partial charge in [-0.25, -0.2) is 9.78 Å². The number of nitrogens with one attached hydrogen (secondary N) is 2. The number of anilines is 1. The lowest BCUT2D eigenvalue weighted by molar-refractivity contribution is 0.188. The lowest BCUT2D eigenvalue weighted by atomic mass is 9.96. The highest BCUT2D eigenvalue weighted by atomic mass is 32.1. The summed E-state index contributed by atoms with van der Waals surface area (Å²) in [4.78, 5) is 24.5. The number of rotatable bonds is 4. The SMILES string of the molecule is CC(C)(C)c1cnc(NC(=O)NC2CCN(Cc3ccccn3)CC2)s1. The molecule has 1 saturated heterocycles. The average molecular weight is 374 g/mol. The van der Waals surface area contributed by atoms with Gasteiger partial charge in [0, 0.05) is 42.9 Å². The molecule has 2 amide bonds. The zero-order valence-corrected chi connectivity index (χ0v) is 16.5. The Morgan fingerprint density at radius 3 is 2.65 bits per heavy atom. The summed E-state index contributed by atoms with van der Waals surface area (Å²) < 4.78 is 0. The van der Waals surface area contributed by atoms with E-state index in [0.29, 0.717) is 5.13 Å². The quantitative estimate of drug-likeness (QED) is 0.859. The van der Waals surface area contributed by atoms with Crippen LogP contribution in [0.5, 0.6) is 0 Å². The standard InChI is InChI=1S/C19H27N5OS/c1-19(2,3)16-12-21-18(26-16)23-17(25)22-14-7-10-24(11-8-14)13-15-6-4-5-9-20-15/h4-6,9,12,14H,7-8,10-11,13H2,1-3H3,(H2,21,22,23,25). The third kappa shape index (κ3) is 5.25. The molecule has 6 nitrogen and oxygen atoms in total. The van der Waals surface area contributed by atoms with Crippen LogP contribution in [0.25, 0.3) is 0 Å². The van der Waals surface area contributed by atoms with E-state index in [1.807, 2.05) is 24.5 Å². The molecule has 0 saturated carbocycles. The first kappa shape index (κ1) is 18.8. The minimum atomic E-state index is -0.164. The first-order valence-electron chi connectivity index (χ1n) is 9.06. The maximum Gasteiger partial charge on any atom is 0.321 e. The van der Waals surface area contributed by atoms with E-state index in [4.69, 9.17) is 0 Å². The van der Waals surface area contributed by atoms with Gasteiger partial charge in [0.2, 0.25) is 0 Å². The smallest absolute Gasteiger partial charge is 0.321 e. The Balaban J connectivity index is 1.42. The highest BCUT2D eigenvalue weighted by Gasteiger charge is 2.22. The number of hydrogen-bond donors (Lipinski definition) is 2. The molecular formula is C19H27N5OS. The molecule has 0 aromatic carbocycles. The molecule has 140 valence electrons. The van der Waals surface area contributed by atoms with E-state index in [1.54, 1.807) is 0 Å². The molecule has 3 rings (SSSR count). The van der Waals surface area contributed by atoms with Gasteiger partial charge in [-0.15, -0.1) is 11.3 Å². The normalized spacial score (nSPS) is 16.4. The minimum absolute atomic E-state index is 0.0501. The van der Waals surface area contributed by atoms with Crippen LogP contribution in [0.1, 0.15) is 44.2 Å². The molecule has 1 aliphatic heterocycles. The van der Waals surface area contributed by atoms with Gasteiger partial charge in [0.05, 0.1) is 5.69 Å². The molecule has 0 aliphatic carbocycles. The van der Waals surface area contributed by atoms with Gasteiger partial charge in [0.25, 0.3) is 0 Å². The van der Waals surface area contributed by atoms with Gasteiger partial charge in [-0.05, 0) is 30.4 Å². The first-order chi connectivity index (χ1) is 12.4. The second-order valence-electron chi connectivity index (χ2n) is 7.75. The molecule has 7 heteroatoms. The van der Waals surface area contributed by atoms with E-state index < -0.39 is 0 Å². The van der Waals surface area contributed by atoms with Gasteiger partial charge in [0.15, 0.2) is 5.13 Å². The van der Waals surface area contributed by atoms with E-state index >= 15 is 0 Å². The van der Waals surface area contributed by atoms with E-state index in [0.717, 1.165) is 43.0 Å². The summed E-state index contributed by atoms with van der Waals surface area (Å²) in [7, 11) is 0. The van der Waals surface area contributed by atoms with Crippen LogP contribution in [-0.2, 0) is 12.0 Å². The highest BCUT2D eigenvalue weighted by molar-refractivity contribution is 7.15. The number of likely N-dealkylation sites (tertiary alicyclic amines) is 1. The number of aromatic nitrogens is 2. The number of nitrogens with zero attached hydrogens (tertiary/aromatic N) is 3. The minimum Gasteiger partial charge on any atom is -0.335 e. The molecule has 1 fully saturated rings. The topological polar surface area (TPSA) is 70.2 Å². The van der Waals surface area contributed by atoms with Crippen LogP contribution in [0.15, 0.2) is 30.6 Å². The van der Waals surface area contributed by atoms with Gasteiger partial charge in [-0.2, -0.15) is 0 Å². The number of amides is 2. The Bertz CT molecular complexity index is 717. The Hall–Kier alpha value is -1.99. The van der Waals surface area contributed by atoms with Crippen molar-refractivity contribution in [2.45, 2.75) is 51.6 Å². The number of urea groups is 1. The van der Waals surface area contributed by atoms with Crippen molar-refractivity contribution < 1.29 is 4.79 Å². The van der Waals surface area contributed by atoms with E-state index in [-0.39, 0.29) is 17.5 Å². The Morgan fingerprint density at radius 2 is 2.04 bits per heavy atom. The monoisotopic (exact) mass is 373 g/mol. The van der Waals surface area contributed by atoms with Gasteiger partial charge in [-0.3, -0.25) is 15.2 Å². The number of thiazole rings is 1. The van der Waals surface area contributed by atoms with Crippen LogP contribution in [-0.4, -0.2) is 40.0 Å². The van der Waals surface area contributed by atoms with Crippen LogP contribution in [0, 0.1) is 0 Å². The fourth-order valence-electron chi connectivity index (χ4n) is 2.95. The number of carbonyl (C=O) groups is 1. The fraction of sp³-hybridized carbons (Fsp3) is 0.526. The van der Waals surface area contributed by atoms with Crippen molar-refractivity contribution in [3.63, 3.8) is 0 Å². The summed E-state index contributed by atoms with van der Waals surface area (Å²) in [5.74, 6) is 0. The van der Waals surface area contributed by atoms with Crippen LogP contribution in [0.4, 0.5) is 9.93 Å². The second kappa shape index (κ2) is 8.14. The van der Waals surface area contributed by atoms with Crippen LogP contribution >= 0.6 is 11.3 Å². The molecule has 2 aromatic heterocycles. The summed E-state index contributed by atoms with van der Waals surface area (Å²) in [5.41, 5.74) is 1.14. The largest absolute Gasteiger partial charge is 0.335 e. The maximum absolute atomic E-state index is 12.2. The molecule has 0 bridgehead atoms. The molecule has 0 atom stereocenters. The van der Waals surface area contributed by atoms with Crippen molar-refractivity contribution in [2.75, 3.05) is 18.4 Å². The Kier molecular flexibility index (Phi) is 5.88. The summed E-state index contributed by atoms with van der Waals surface area (Å²) in [6, 6.07) is 6.05. The van der Waals surface area contributed by atoms with Gasteiger partial charge >= 0.3 is 6.03 Å². The predicted molar refractivity (Wildman–Crippen MR) is 106 cm³/mol. The Labute approximate surface area is 159 Å². The van der Waals surface area contributed by atoms with Gasteiger partial charge in [0.1, 0.15) is 0 Å². The van der Waals surface area contributed by atoms with Crippen LogP contribution in [0.2, 0.25) is 0 Å².